The maximum absolute atomic E-state index is 13.0. The largest absolute Gasteiger partial charge is 0.388 e. The predicted molar refractivity (Wildman–Crippen MR) is 82.7 cm³/mol. The zero-order valence-corrected chi connectivity index (χ0v) is 11.8. The zero-order chi connectivity index (χ0) is 15.2. The summed E-state index contributed by atoms with van der Waals surface area (Å²) in [4.78, 5) is 10.5. The molecule has 0 aliphatic carbocycles. The third-order valence-corrected chi connectivity index (χ3v) is 3.31. The fourth-order valence-electron chi connectivity index (χ4n) is 2.17. The summed E-state index contributed by atoms with van der Waals surface area (Å²) in [7, 11) is 1.79. The SMILES string of the molecule is CNc1ccc(CCC=O)cc1C(=N)c1ccc(F)cc1. The highest BCUT2D eigenvalue weighted by Crippen LogP contribution is 2.21. The molecular formula is C17H17FN2O. The van der Waals surface area contributed by atoms with E-state index in [1.165, 1.54) is 12.1 Å². The topological polar surface area (TPSA) is 53.0 Å². The third-order valence-electron chi connectivity index (χ3n) is 3.31. The smallest absolute Gasteiger partial charge is 0.123 e. The summed E-state index contributed by atoms with van der Waals surface area (Å²) in [5.41, 5.74) is 3.56. The average molecular weight is 284 g/mol. The van der Waals surface area contributed by atoms with Crippen molar-refractivity contribution < 1.29 is 9.18 Å². The van der Waals surface area contributed by atoms with Gasteiger partial charge in [-0.3, -0.25) is 5.41 Å². The Kier molecular flexibility index (Phi) is 4.82. The van der Waals surface area contributed by atoms with Gasteiger partial charge in [0.15, 0.2) is 0 Å². The lowest BCUT2D eigenvalue weighted by molar-refractivity contribution is -0.107. The monoisotopic (exact) mass is 284 g/mol. The first kappa shape index (κ1) is 14.9. The molecule has 4 heteroatoms. The van der Waals surface area contributed by atoms with Gasteiger partial charge in [-0.2, -0.15) is 0 Å². The Morgan fingerprint density at radius 1 is 1.24 bits per heavy atom. The van der Waals surface area contributed by atoms with Crippen molar-refractivity contribution in [2.24, 2.45) is 0 Å². The molecule has 21 heavy (non-hydrogen) atoms. The summed E-state index contributed by atoms with van der Waals surface area (Å²) >= 11 is 0. The highest BCUT2D eigenvalue weighted by atomic mass is 19.1. The number of hydrogen-bond acceptors (Lipinski definition) is 3. The molecule has 0 atom stereocenters. The van der Waals surface area contributed by atoms with E-state index >= 15 is 0 Å². The Labute approximate surface area is 123 Å². The van der Waals surface area contributed by atoms with Crippen molar-refractivity contribution in [2.45, 2.75) is 12.8 Å². The van der Waals surface area contributed by atoms with Crippen LogP contribution in [0.5, 0.6) is 0 Å². The number of benzene rings is 2. The molecule has 2 rings (SSSR count). The van der Waals surface area contributed by atoms with Crippen LogP contribution in [-0.2, 0) is 11.2 Å². The molecule has 2 aromatic carbocycles. The molecule has 0 saturated carbocycles. The number of hydrogen-bond donors (Lipinski definition) is 2. The fourth-order valence-corrected chi connectivity index (χ4v) is 2.17. The van der Waals surface area contributed by atoms with Crippen LogP contribution in [0.25, 0.3) is 0 Å². The molecular weight excluding hydrogens is 267 g/mol. The van der Waals surface area contributed by atoms with Crippen molar-refractivity contribution in [2.75, 3.05) is 12.4 Å². The van der Waals surface area contributed by atoms with E-state index in [9.17, 15) is 9.18 Å². The second-order valence-corrected chi connectivity index (χ2v) is 4.72. The highest BCUT2D eigenvalue weighted by molar-refractivity contribution is 6.14. The molecule has 3 nitrogen and oxygen atoms in total. The Balaban J connectivity index is 2.37. The Morgan fingerprint density at radius 2 is 1.95 bits per heavy atom. The molecule has 0 heterocycles. The second kappa shape index (κ2) is 6.79. The summed E-state index contributed by atoms with van der Waals surface area (Å²) in [6.07, 6.45) is 2.00. The van der Waals surface area contributed by atoms with E-state index < -0.39 is 0 Å². The van der Waals surface area contributed by atoms with Crippen molar-refractivity contribution in [1.82, 2.24) is 0 Å². The van der Waals surface area contributed by atoms with Crippen LogP contribution in [0.1, 0.15) is 23.1 Å². The van der Waals surface area contributed by atoms with Crippen molar-refractivity contribution >= 4 is 17.7 Å². The van der Waals surface area contributed by atoms with Gasteiger partial charge in [0.05, 0.1) is 5.71 Å². The fraction of sp³-hybridized carbons (Fsp3) is 0.176. The van der Waals surface area contributed by atoms with Gasteiger partial charge in [-0.05, 0) is 48.4 Å². The Hall–Kier alpha value is -2.49. The van der Waals surface area contributed by atoms with Crippen LogP contribution < -0.4 is 5.32 Å². The van der Waals surface area contributed by atoms with Gasteiger partial charge in [0, 0.05) is 30.3 Å². The average Bonchev–Trinajstić information content (AvgIpc) is 2.52. The van der Waals surface area contributed by atoms with Crippen LogP contribution in [-0.4, -0.2) is 19.0 Å². The molecule has 2 aromatic rings. The summed E-state index contributed by atoms with van der Waals surface area (Å²) in [6, 6.07) is 11.6. The minimum Gasteiger partial charge on any atom is -0.388 e. The first-order valence-electron chi connectivity index (χ1n) is 6.75. The predicted octanol–water partition coefficient (Wildman–Crippen LogP) is 3.42. The summed E-state index contributed by atoms with van der Waals surface area (Å²) < 4.78 is 13.0. The number of rotatable bonds is 6. The minimum atomic E-state index is -0.319. The van der Waals surface area contributed by atoms with Gasteiger partial charge in [-0.15, -0.1) is 0 Å². The second-order valence-electron chi connectivity index (χ2n) is 4.72. The Bertz CT molecular complexity index is 650. The molecule has 0 amide bonds. The number of carbonyl (C=O) groups is 1. The number of halogens is 1. The number of aryl methyl sites for hydroxylation is 1. The van der Waals surface area contributed by atoms with Crippen LogP contribution >= 0.6 is 0 Å². The van der Waals surface area contributed by atoms with Crippen molar-refractivity contribution in [3.05, 3.63) is 65.0 Å². The summed E-state index contributed by atoms with van der Waals surface area (Å²) in [5, 5.41) is 11.4. The minimum absolute atomic E-state index is 0.319. The number of carbonyl (C=O) groups excluding carboxylic acids is 1. The van der Waals surface area contributed by atoms with Gasteiger partial charge >= 0.3 is 0 Å². The lowest BCUT2D eigenvalue weighted by Crippen LogP contribution is -2.06. The number of anilines is 1. The quantitative estimate of drug-likeness (QED) is 0.631. The summed E-state index contributed by atoms with van der Waals surface area (Å²) in [5.74, 6) is -0.319. The van der Waals surface area contributed by atoms with Crippen LogP contribution in [0, 0.1) is 11.2 Å². The van der Waals surface area contributed by atoms with Crippen LogP contribution in [0.3, 0.4) is 0 Å². The van der Waals surface area contributed by atoms with Crippen LogP contribution in [0.4, 0.5) is 10.1 Å². The van der Waals surface area contributed by atoms with Crippen LogP contribution in [0.2, 0.25) is 0 Å². The highest BCUT2D eigenvalue weighted by Gasteiger charge is 2.10. The van der Waals surface area contributed by atoms with Gasteiger partial charge in [-0.1, -0.05) is 6.07 Å². The molecule has 0 aliphatic heterocycles. The van der Waals surface area contributed by atoms with Crippen molar-refractivity contribution in [1.29, 1.82) is 5.41 Å². The molecule has 0 aliphatic rings. The first-order valence-corrected chi connectivity index (χ1v) is 6.75. The van der Waals surface area contributed by atoms with Crippen LogP contribution in [0.15, 0.2) is 42.5 Å². The first-order chi connectivity index (χ1) is 10.2. The molecule has 0 saturated heterocycles. The molecule has 108 valence electrons. The van der Waals surface area contributed by atoms with Gasteiger partial charge in [0.25, 0.3) is 0 Å². The van der Waals surface area contributed by atoms with E-state index in [0.717, 1.165) is 23.1 Å². The van der Waals surface area contributed by atoms with Crippen molar-refractivity contribution in [3.63, 3.8) is 0 Å². The Morgan fingerprint density at radius 3 is 2.57 bits per heavy atom. The zero-order valence-electron chi connectivity index (χ0n) is 11.8. The number of aldehydes is 1. The molecule has 0 radical (unpaired) electrons. The lowest BCUT2D eigenvalue weighted by atomic mass is 9.97. The van der Waals surface area contributed by atoms with Gasteiger partial charge in [-0.25, -0.2) is 4.39 Å². The molecule has 0 fully saturated rings. The van der Waals surface area contributed by atoms with E-state index in [1.54, 1.807) is 19.2 Å². The normalized spacial score (nSPS) is 10.2. The number of nitrogens with one attached hydrogen (secondary N) is 2. The van der Waals surface area contributed by atoms with E-state index in [1.807, 2.05) is 18.2 Å². The molecule has 0 bridgehead atoms. The van der Waals surface area contributed by atoms with Gasteiger partial charge < -0.3 is 10.1 Å². The summed E-state index contributed by atoms with van der Waals surface area (Å²) in [6.45, 7) is 0. The van der Waals surface area contributed by atoms with E-state index in [4.69, 9.17) is 5.41 Å². The standard InChI is InChI=1S/C17H17FN2O/c1-20-16-9-4-12(3-2-10-21)11-15(16)17(19)13-5-7-14(18)8-6-13/h4-11,19-20H,2-3H2,1H3. The molecule has 2 N–H and O–H groups in total. The van der Waals surface area contributed by atoms with E-state index in [-0.39, 0.29) is 5.82 Å². The van der Waals surface area contributed by atoms with E-state index in [0.29, 0.717) is 24.1 Å². The lowest BCUT2D eigenvalue weighted by Gasteiger charge is -2.12. The van der Waals surface area contributed by atoms with Gasteiger partial charge in [0.2, 0.25) is 0 Å². The van der Waals surface area contributed by atoms with Gasteiger partial charge in [0.1, 0.15) is 12.1 Å². The van der Waals surface area contributed by atoms with Crippen molar-refractivity contribution in [3.8, 4) is 0 Å². The third kappa shape index (κ3) is 3.54. The maximum atomic E-state index is 13.0. The maximum Gasteiger partial charge on any atom is 0.123 e. The molecule has 0 aromatic heterocycles. The molecule has 0 spiro atoms. The molecule has 0 unspecified atom stereocenters. The van der Waals surface area contributed by atoms with E-state index in [2.05, 4.69) is 5.32 Å².